The Balaban J connectivity index is 1.94. The molecule has 1 heterocycles. The van der Waals surface area contributed by atoms with E-state index >= 15 is 0 Å². The predicted octanol–water partition coefficient (Wildman–Crippen LogP) is 0.968. The highest BCUT2D eigenvalue weighted by Crippen LogP contribution is 2.25. The van der Waals surface area contributed by atoms with E-state index in [1.54, 1.807) is 11.4 Å². The van der Waals surface area contributed by atoms with E-state index in [0.29, 0.717) is 26.3 Å². The Morgan fingerprint density at radius 3 is 2.57 bits per heavy atom. The van der Waals surface area contributed by atoms with E-state index in [1.807, 2.05) is 37.4 Å². The average Bonchev–Trinajstić information content (AvgIpc) is 2.55. The van der Waals surface area contributed by atoms with E-state index in [9.17, 15) is 8.42 Å². The van der Waals surface area contributed by atoms with Crippen LogP contribution in [0.5, 0.6) is 0 Å². The summed E-state index contributed by atoms with van der Waals surface area (Å²) in [5.74, 6) is 0.0158. The molecule has 130 valence electrons. The van der Waals surface area contributed by atoms with Crippen LogP contribution in [0.3, 0.4) is 0 Å². The maximum Gasteiger partial charge on any atom is 0.216 e. The van der Waals surface area contributed by atoms with Gasteiger partial charge in [-0.1, -0.05) is 30.3 Å². The zero-order chi connectivity index (χ0) is 16.7. The molecule has 1 aromatic rings. The van der Waals surface area contributed by atoms with Gasteiger partial charge in [0, 0.05) is 32.8 Å². The van der Waals surface area contributed by atoms with E-state index in [-0.39, 0.29) is 18.4 Å². The third kappa shape index (κ3) is 5.26. The molecule has 0 bridgehead atoms. The van der Waals surface area contributed by atoms with Crippen LogP contribution in [0.2, 0.25) is 0 Å². The van der Waals surface area contributed by atoms with Crippen molar-refractivity contribution in [2.75, 3.05) is 59.4 Å². The Morgan fingerprint density at radius 2 is 1.87 bits per heavy atom. The maximum absolute atomic E-state index is 12.5. The molecule has 1 unspecified atom stereocenters. The lowest BCUT2D eigenvalue weighted by Gasteiger charge is -2.39. The summed E-state index contributed by atoms with van der Waals surface area (Å²) >= 11 is 0. The molecule has 1 aliphatic rings. The van der Waals surface area contributed by atoms with Crippen LogP contribution in [0.4, 0.5) is 0 Å². The molecule has 7 heteroatoms. The van der Waals surface area contributed by atoms with Crippen LogP contribution in [-0.2, 0) is 19.5 Å². The van der Waals surface area contributed by atoms with Crippen LogP contribution in [0.25, 0.3) is 0 Å². The minimum atomic E-state index is -3.29. The monoisotopic (exact) mass is 342 g/mol. The highest BCUT2D eigenvalue weighted by Gasteiger charge is 2.32. The van der Waals surface area contributed by atoms with E-state index in [2.05, 4.69) is 4.90 Å². The number of likely N-dealkylation sites (N-methyl/N-ethyl adjacent to an activating group) is 1. The number of methoxy groups -OCH3 is 1. The van der Waals surface area contributed by atoms with Gasteiger partial charge in [0.1, 0.15) is 0 Å². The second-order valence-electron chi connectivity index (χ2n) is 5.69. The normalized spacial score (nSPS) is 20.7. The summed E-state index contributed by atoms with van der Waals surface area (Å²) in [6.45, 7) is 2.84. The molecule has 1 aliphatic heterocycles. The molecular formula is C16H26N2O4S. The van der Waals surface area contributed by atoms with Crippen LogP contribution in [0, 0.1) is 0 Å². The fraction of sp³-hybridized carbons (Fsp3) is 0.625. The third-order valence-electron chi connectivity index (χ3n) is 4.11. The number of rotatable bonds is 8. The molecule has 1 atom stereocenters. The van der Waals surface area contributed by atoms with Crippen molar-refractivity contribution in [2.24, 2.45) is 0 Å². The summed E-state index contributed by atoms with van der Waals surface area (Å²) < 4.78 is 36.8. The van der Waals surface area contributed by atoms with Crippen molar-refractivity contribution in [3.8, 4) is 0 Å². The van der Waals surface area contributed by atoms with Gasteiger partial charge >= 0.3 is 0 Å². The van der Waals surface area contributed by atoms with Gasteiger partial charge in [-0.15, -0.1) is 0 Å². The largest absolute Gasteiger partial charge is 0.382 e. The average molecular weight is 342 g/mol. The first-order chi connectivity index (χ1) is 11.0. The lowest BCUT2D eigenvalue weighted by molar-refractivity contribution is 0.0777. The number of ether oxygens (including phenoxy) is 2. The SMILES string of the molecule is COCCOCCS(=O)(=O)N1CCN(C)C(c2ccccc2)C1. The maximum atomic E-state index is 12.5. The molecular weight excluding hydrogens is 316 g/mol. The lowest BCUT2D eigenvalue weighted by atomic mass is 10.0. The molecule has 1 fully saturated rings. The van der Waals surface area contributed by atoms with E-state index in [4.69, 9.17) is 9.47 Å². The topological polar surface area (TPSA) is 59.1 Å². The highest BCUT2D eigenvalue weighted by atomic mass is 32.2. The molecule has 0 N–H and O–H groups in total. The fourth-order valence-corrected chi connectivity index (χ4v) is 3.99. The number of hydrogen-bond acceptors (Lipinski definition) is 5. The van der Waals surface area contributed by atoms with Crippen molar-refractivity contribution in [3.63, 3.8) is 0 Å². The van der Waals surface area contributed by atoms with Gasteiger partial charge in [0.25, 0.3) is 0 Å². The van der Waals surface area contributed by atoms with Crippen molar-refractivity contribution in [1.82, 2.24) is 9.21 Å². The number of hydrogen-bond donors (Lipinski definition) is 0. The van der Waals surface area contributed by atoms with E-state index in [1.165, 1.54) is 0 Å². The molecule has 0 amide bonds. The molecule has 0 saturated carbocycles. The van der Waals surface area contributed by atoms with Crippen molar-refractivity contribution in [2.45, 2.75) is 6.04 Å². The first kappa shape index (κ1) is 18.4. The number of sulfonamides is 1. The van der Waals surface area contributed by atoms with Gasteiger partial charge < -0.3 is 9.47 Å². The molecule has 23 heavy (non-hydrogen) atoms. The summed E-state index contributed by atoms with van der Waals surface area (Å²) in [6, 6.07) is 10.1. The second kappa shape index (κ2) is 8.75. The van der Waals surface area contributed by atoms with Crippen molar-refractivity contribution in [3.05, 3.63) is 35.9 Å². The van der Waals surface area contributed by atoms with Crippen molar-refractivity contribution >= 4 is 10.0 Å². The molecule has 0 aliphatic carbocycles. The highest BCUT2D eigenvalue weighted by molar-refractivity contribution is 7.89. The minimum absolute atomic E-state index is 0.0158. The Labute approximate surface area is 139 Å². The summed E-state index contributed by atoms with van der Waals surface area (Å²) in [5, 5.41) is 0. The van der Waals surface area contributed by atoms with E-state index < -0.39 is 10.0 Å². The van der Waals surface area contributed by atoms with Crippen LogP contribution < -0.4 is 0 Å². The Morgan fingerprint density at radius 1 is 1.13 bits per heavy atom. The van der Waals surface area contributed by atoms with E-state index in [0.717, 1.165) is 12.1 Å². The molecule has 2 rings (SSSR count). The van der Waals surface area contributed by atoms with Gasteiger partial charge in [0.15, 0.2) is 0 Å². The first-order valence-corrected chi connectivity index (χ1v) is 9.45. The third-order valence-corrected chi connectivity index (χ3v) is 5.91. The molecule has 0 aromatic heterocycles. The summed E-state index contributed by atoms with van der Waals surface area (Å²) in [4.78, 5) is 2.20. The van der Waals surface area contributed by atoms with Gasteiger partial charge in [0.2, 0.25) is 10.0 Å². The predicted molar refractivity (Wildman–Crippen MR) is 89.9 cm³/mol. The van der Waals surface area contributed by atoms with Crippen LogP contribution in [0.1, 0.15) is 11.6 Å². The number of nitrogens with zero attached hydrogens (tertiary/aromatic N) is 2. The smallest absolute Gasteiger partial charge is 0.216 e. The van der Waals surface area contributed by atoms with Crippen LogP contribution in [-0.4, -0.2) is 77.0 Å². The van der Waals surface area contributed by atoms with Gasteiger partial charge in [-0.2, -0.15) is 4.31 Å². The number of benzene rings is 1. The standard InChI is InChI=1S/C16H26N2O4S/c1-17-8-9-18(14-16(17)15-6-4-3-5-7-15)23(19,20)13-12-22-11-10-21-2/h3-7,16H,8-14H2,1-2H3. The van der Waals surface area contributed by atoms with Crippen LogP contribution >= 0.6 is 0 Å². The summed E-state index contributed by atoms with van der Waals surface area (Å²) in [5.41, 5.74) is 1.14. The molecule has 1 aromatic carbocycles. The minimum Gasteiger partial charge on any atom is -0.382 e. The van der Waals surface area contributed by atoms with Gasteiger partial charge in [-0.3, -0.25) is 4.90 Å². The summed E-state index contributed by atoms with van der Waals surface area (Å²) in [6.07, 6.45) is 0. The van der Waals surface area contributed by atoms with Gasteiger partial charge in [0.05, 0.1) is 25.6 Å². The second-order valence-corrected chi connectivity index (χ2v) is 7.77. The number of piperazine rings is 1. The Hall–Kier alpha value is -0.990. The molecule has 0 spiro atoms. The van der Waals surface area contributed by atoms with Gasteiger partial charge in [-0.05, 0) is 12.6 Å². The molecule has 0 radical (unpaired) electrons. The Kier molecular flexibility index (Phi) is 6.98. The van der Waals surface area contributed by atoms with Crippen molar-refractivity contribution in [1.29, 1.82) is 0 Å². The zero-order valence-electron chi connectivity index (χ0n) is 13.8. The Bertz CT molecular complexity index is 565. The van der Waals surface area contributed by atoms with Gasteiger partial charge in [-0.25, -0.2) is 8.42 Å². The first-order valence-electron chi connectivity index (χ1n) is 7.84. The van der Waals surface area contributed by atoms with Crippen LogP contribution in [0.15, 0.2) is 30.3 Å². The fourth-order valence-electron chi connectivity index (χ4n) is 2.67. The molecule has 6 nitrogen and oxygen atoms in total. The lowest BCUT2D eigenvalue weighted by Crippen LogP contribution is -2.49. The molecule has 1 saturated heterocycles. The summed E-state index contributed by atoms with van der Waals surface area (Å²) in [7, 11) is 0.335. The van der Waals surface area contributed by atoms with Crippen molar-refractivity contribution < 1.29 is 17.9 Å². The quantitative estimate of drug-likeness (QED) is 0.659. The zero-order valence-corrected chi connectivity index (χ0v) is 14.7.